The van der Waals surface area contributed by atoms with Crippen molar-refractivity contribution in [1.82, 2.24) is 4.72 Å². The Labute approximate surface area is 240 Å². The first-order valence-electron chi connectivity index (χ1n) is 9.97. The van der Waals surface area contributed by atoms with Gasteiger partial charge >= 0.3 is 38.7 Å². The first-order valence-corrected chi connectivity index (χ1v) is 14.4. The summed E-state index contributed by atoms with van der Waals surface area (Å²) in [5.41, 5.74) is 0.332. The number of benzene rings is 2. The van der Waals surface area contributed by atoms with E-state index in [1.54, 1.807) is 6.07 Å². The zero-order valence-corrected chi connectivity index (χ0v) is 24.8. The van der Waals surface area contributed by atoms with Crippen LogP contribution in [0.3, 0.4) is 0 Å². The number of ether oxygens (including phenoxy) is 2. The minimum atomic E-state index is -4.27. The van der Waals surface area contributed by atoms with E-state index in [2.05, 4.69) is 19.9 Å². The summed E-state index contributed by atoms with van der Waals surface area (Å²) < 4.78 is 67.0. The van der Waals surface area contributed by atoms with Gasteiger partial charge in [-0.3, -0.25) is 14.3 Å². The fourth-order valence-corrected chi connectivity index (χ4v) is 5.02. The van der Waals surface area contributed by atoms with Crippen molar-refractivity contribution in [3.8, 4) is 11.5 Å². The molecule has 0 spiro atoms. The molecule has 0 saturated carbocycles. The van der Waals surface area contributed by atoms with E-state index in [0.29, 0.717) is 5.75 Å². The van der Waals surface area contributed by atoms with Gasteiger partial charge in [-0.2, -0.15) is 18.6 Å². The van der Waals surface area contributed by atoms with Crippen LogP contribution in [0.1, 0.15) is 6.92 Å². The minimum Gasteiger partial charge on any atom is -0.860 e. The van der Waals surface area contributed by atoms with E-state index in [1.807, 2.05) is 0 Å². The molecule has 196 valence electrons. The molecule has 1 atom stereocenters. The Bertz CT molecular complexity index is 1350. The summed E-state index contributed by atoms with van der Waals surface area (Å²) in [5.74, 6) is -0.937. The van der Waals surface area contributed by atoms with E-state index < -0.39 is 36.9 Å². The molecule has 0 heterocycles. The molecule has 2 N–H and O–H groups in total. The first-order chi connectivity index (χ1) is 16.9. The van der Waals surface area contributed by atoms with Crippen molar-refractivity contribution in [2.75, 3.05) is 26.5 Å². The summed E-state index contributed by atoms with van der Waals surface area (Å²) in [4.78, 5) is 15.8. The normalized spacial score (nSPS) is 13.1. The maximum atomic E-state index is 12.6. The number of carbonyl (C=O) groups excluding carboxylic acids is 1. The summed E-state index contributed by atoms with van der Waals surface area (Å²) in [7, 11) is -5.18. The predicted molar refractivity (Wildman–Crippen MR) is 131 cm³/mol. The smallest absolute Gasteiger partial charge is 0.860 e. The van der Waals surface area contributed by atoms with Crippen molar-refractivity contribution in [3.05, 3.63) is 42.5 Å². The van der Waals surface area contributed by atoms with Crippen LogP contribution in [0.5, 0.6) is 11.5 Å². The predicted octanol–water partition coefficient (Wildman–Crippen LogP) is -1.35. The molecule has 0 amide bonds. The number of Topliss-reactive ketones (excluding diaryl/α,β-unsaturated/α-hetero) is 1. The average molecular weight is 583 g/mol. The van der Waals surface area contributed by atoms with Crippen LogP contribution in [0.25, 0.3) is 0 Å². The molecule has 1 unspecified atom stereocenters. The molecule has 0 bridgehead atoms. The second-order valence-corrected chi connectivity index (χ2v) is 12.1. The Morgan fingerprint density at radius 3 is 2.30 bits per heavy atom. The number of nitrogens with zero attached hydrogens (tertiary/aromatic N) is 3. The van der Waals surface area contributed by atoms with Crippen LogP contribution in [0.4, 0.5) is 11.4 Å². The van der Waals surface area contributed by atoms with Gasteiger partial charge in [-0.25, -0.2) is 13.1 Å². The van der Waals surface area contributed by atoms with Gasteiger partial charge in [0, 0.05) is 18.4 Å². The maximum absolute atomic E-state index is 12.6. The number of azo groups is 1. The third-order valence-electron chi connectivity index (χ3n) is 4.30. The Morgan fingerprint density at radius 2 is 1.76 bits per heavy atom. The van der Waals surface area contributed by atoms with Crippen molar-refractivity contribution < 1.29 is 70.3 Å². The molecule has 0 aliphatic rings. The number of ketones is 1. The first kappa shape index (κ1) is 33.0. The van der Waals surface area contributed by atoms with E-state index in [0.717, 1.165) is 6.92 Å². The summed E-state index contributed by atoms with van der Waals surface area (Å²) in [6.45, 7) is 0.920. The molecule has 0 aromatic heterocycles. The van der Waals surface area contributed by atoms with Gasteiger partial charge in [0.05, 0.1) is 24.8 Å². The summed E-state index contributed by atoms with van der Waals surface area (Å²) in [5, 5.41) is 20.2. The van der Waals surface area contributed by atoms with Gasteiger partial charge in [-0.15, -0.1) is 0 Å². The number of hydrogen-bond donors (Lipinski definition) is 2. The molecular weight excluding hydrogens is 559 g/mol. The number of aliphatic imine (C=N–C) groups is 1. The summed E-state index contributed by atoms with van der Waals surface area (Å²) >= 11 is 0. The number of hydrogen-bond acceptors (Lipinski definition) is 12. The largest absolute Gasteiger partial charge is 1.00 e. The second-order valence-electron chi connectivity index (χ2n) is 6.86. The van der Waals surface area contributed by atoms with Crippen LogP contribution >= 0.6 is 10.8 Å². The van der Waals surface area contributed by atoms with E-state index in [9.17, 15) is 26.7 Å². The molecule has 37 heavy (non-hydrogen) atoms. The van der Waals surface area contributed by atoms with Gasteiger partial charge in [0.15, 0.2) is 11.8 Å². The number of sulfonamides is 1. The number of methoxy groups -OCH3 is 2. The second kappa shape index (κ2) is 14.8. The molecule has 17 heteroatoms. The molecule has 2 aromatic rings. The van der Waals surface area contributed by atoms with Crippen molar-refractivity contribution >= 4 is 53.0 Å². The van der Waals surface area contributed by atoms with Crippen LogP contribution in [0.2, 0.25) is 0 Å². The van der Waals surface area contributed by atoms with Gasteiger partial charge in [-0.05, 0) is 60.0 Å². The van der Waals surface area contributed by atoms with E-state index >= 15 is 0 Å². The van der Waals surface area contributed by atoms with Gasteiger partial charge < -0.3 is 14.6 Å². The fourth-order valence-electron chi connectivity index (χ4n) is 2.58. The van der Waals surface area contributed by atoms with Gasteiger partial charge in [0.25, 0.3) is 0 Å². The zero-order chi connectivity index (χ0) is 26.9. The summed E-state index contributed by atoms with van der Waals surface area (Å²) in [6.07, 6.45) is 0. The van der Waals surface area contributed by atoms with E-state index in [-0.39, 0.29) is 74.7 Å². The van der Waals surface area contributed by atoms with E-state index in [1.165, 1.54) is 50.6 Å². The minimum absolute atomic E-state index is 0. The summed E-state index contributed by atoms with van der Waals surface area (Å²) in [6, 6.07) is 8.08. The number of carbonyl (C=O) groups is 1. The van der Waals surface area contributed by atoms with Crippen molar-refractivity contribution in [3.63, 3.8) is 0 Å². The van der Waals surface area contributed by atoms with Crippen LogP contribution in [0, 0.1) is 0 Å². The number of nitrogens with one attached hydrogen (secondary N) is 1. The van der Waals surface area contributed by atoms with Crippen molar-refractivity contribution in [1.29, 1.82) is 0 Å². The molecule has 13 nitrogen and oxygen atoms in total. The Hall–Kier alpha value is -2.05. The molecule has 0 fully saturated rings. The molecule has 0 aliphatic heterocycles. The molecule has 0 radical (unpaired) electrons. The fraction of sp³-hybridized carbons (Fsp3) is 0.300. The van der Waals surface area contributed by atoms with E-state index in [4.69, 9.17) is 14.0 Å². The SMILES string of the molecule is COc1ccc(N=C([O-])C(N=Nc2ccc(S(=O)(=O)NCCSS(=O)(=O)O)cc2)C(C)=O)c(OC)c1.[Na+]. The molecule has 0 aliphatic carbocycles. The Morgan fingerprint density at radius 1 is 1.11 bits per heavy atom. The molecule has 2 rings (SSSR count). The molecular formula is C20H23N4NaO9S3. The zero-order valence-electron chi connectivity index (χ0n) is 20.3. The standard InChI is InChI=1S/C20H24N4O9S3.Na/c1-13(25)19(20(26)22-17-9-6-15(32-2)12-18(17)33-3)24-23-14-4-7-16(8-5-14)35(27,28)21-10-11-34-36(29,30)31;/h4-9,12,19,21H,10-11H2,1-3H3,(H,22,26)(H,29,30,31);/q;+1/p-1. The van der Waals surface area contributed by atoms with Crippen molar-refractivity contribution in [2.45, 2.75) is 17.9 Å². The van der Waals surface area contributed by atoms with Gasteiger partial charge in [0.2, 0.25) is 10.0 Å². The van der Waals surface area contributed by atoms with Crippen molar-refractivity contribution in [2.24, 2.45) is 15.2 Å². The van der Waals surface area contributed by atoms with Crippen LogP contribution in [-0.2, 0) is 24.0 Å². The topological polar surface area (TPSA) is 196 Å². The molecule has 2 aromatic carbocycles. The maximum Gasteiger partial charge on any atom is 1.00 e. The molecule has 0 saturated heterocycles. The van der Waals surface area contributed by atoms with Crippen LogP contribution < -0.4 is 48.9 Å². The monoisotopic (exact) mass is 582 g/mol. The Balaban J connectivity index is 0.00000684. The Kier molecular flexibility index (Phi) is 13.2. The third kappa shape index (κ3) is 10.7. The number of rotatable bonds is 13. The van der Waals surface area contributed by atoms with Gasteiger partial charge in [0.1, 0.15) is 17.2 Å². The quantitative estimate of drug-likeness (QED) is 0.0542. The van der Waals surface area contributed by atoms with Crippen LogP contribution in [0.15, 0.2) is 62.6 Å². The average Bonchev–Trinajstić information content (AvgIpc) is 2.81. The third-order valence-corrected chi connectivity index (χ3v) is 7.84. The van der Waals surface area contributed by atoms with Gasteiger partial charge in [-0.1, -0.05) is 0 Å². The van der Waals surface area contributed by atoms with Crippen LogP contribution in [-0.4, -0.2) is 65.6 Å².